The summed E-state index contributed by atoms with van der Waals surface area (Å²) in [5.41, 5.74) is -2.78. The third-order valence-corrected chi connectivity index (χ3v) is 8.87. The van der Waals surface area contributed by atoms with Crippen LogP contribution in [0.2, 0.25) is 0 Å². The summed E-state index contributed by atoms with van der Waals surface area (Å²) >= 11 is 9.60. The maximum Gasteiger partial charge on any atom is 0.380 e. The standard InChI is InChI=1S/C22H26BrClFN2O9P/c1-4-33-19(30)21(2,3)12-37(32,36-14-7-5-13(25)6-8-14)34-11-15-17(29)22(23,24)18(35-15)27-10-9-16(28)26-20(27)31/h5-10,15,17-18,29H,4,11-12H2,1-3H3,(H,26,28,31)/t15-,17-,18-,22+,37+/m1/s1. The van der Waals surface area contributed by atoms with Crippen molar-refractivity contribution < 1.29 is 37.4 Å². The van der Waals surface area contributed by atoms with E-state index in [2.05, 4.69) is 20.9 Å². The predicted octanol–water partition coefficient (Wildman–Crippen LogP) is 3.14. The molecule has 1 saturated heterocycles. The maximum atomic E-state index is 13.8. The highest BCUT2D eigenvalue weighted by atomic mass is 79.9. The van der Waals surface area contributed by atoms with Gasteiger partial charge >= 0.3 is 19.3 Å². The van der Waals surface area contributed by atoms with Crippen LogP contribution in [0, 0.1) is 11.2 Å². The summed E-state index contributed by atoms with van der Waals surface area (Å²) < 4.78 is 48.5. The van der Waals surface area contributed by atoms with Gasteiger partial charge in [-0.05, 0) is 45.0 Å². The number of rotatable bonds is 10. The normalized spacial score (nSPS) is 25.4. The second-order valence-corrected chi connectivity index (χ2v) is 13.3. The first-order valence-corrected chi connectivity index (χ1v) is 14.0. The first kappa shape index (κ1) is 29.5. The molecule has 2 aromatic rings. The van der Waals surface area contributed by atoms with Crippen molar-refractivity contribution in [3.8, 4) is 5.75 Å². The minimum absolute atomic E-state index is 0.0159. The van der Waals surface area contributed by atoms with Gasteiger partial charge in [-0.1, -0.05) is 27.5 Å². The van der Waals surface area contributed by atoms with Crippen LogP contribution in [-0.2, 0) is 23.4 Å². The Morgan fingerprint density at radius 1 is 1.32 bits per heavy atom. The number of hydrogen-bond acceptors (Lipinski definition) is 9. The number of nitrogens with zero attached hydrogens (tertiary/aromatic N) is 1. The molecule has 0 bridgehead atoms. The lowest BCUT2D eigenvalue weighted by molar-refractivity contribution is -0.152. The fourth-order valence-electron chi connectivity index (χ4n) is 3.54. The summed E-state index contributed by atoms with van der Waals surface area (Å²) in [5, 5.41) is 10.8. The Labute approximate surface area is 224 Å². The van der Waals surface area contributed by atoms with Gasteiger partial charge in [0.2, 0.25) is 0 Å². The van der Waals surface area contributed by atoms with Crippen LogP contribution in [0.3, 0.4) is 0 Å². The summed E-state index contributed by atoms with van der Waals surface area (Å²) in [4.78, 5) is 38.2. The van der Waals surface area contributed by atoms with E-state index in [1.165, 1.54) is 26.0 Å². The van der Waals surface area contributed by atoms with Crippen LogP contribution < -0.4 is 15.8 Å². The smallest absolute Gasteiger partial charge is 0.380 e. The van der Waals surface area contributed by atoms with Gasteiger partial charge in [0.25, 0.3) is 5.56 Å². The average Bonchev–Trinajstić information content (AvgIpc) is 3.02. The van der Waals surface area contributed by atoms with E-state index in [9.17, 15) is 28.4 Å². The molecule has 2 N–H and O–H groups in total. The second kappa shape index (κ2) is 11.4. The lowest BCUT2D eigenvalue weighted by Gasteiger charge is -2.28. The number of halogens is 3. The zero-order valence-corrected chi connectivity index (χ0v) is 23.3. The minimum Gasteiger partial charge on any atom is -0.466 e. The van der Waals surface area contributed by atoms with Gasteiger partial charge in [0.1, 0.15) is 23.8 Å². The monoisotopic (exact) mass is 626 g/mol. The number of hydrogen-bond donors (Lipinski definition) is 2. The molecule has 1 aliphatic heterocycles. The molecule has 0 unspecified atom stereocenters. The van der Waals surface area contributed by atoms with Crippen molar-refractivity contribution in [2.75, 3.05) is 19.4 Å². The van der Waals surface area contributed by atoms with E-state index in [1.54, 1.807) is 6.92 Å². The Morgan fingerprint density at radius 2 is 1.97 bits per heavy atom. The summed E-state index contributed by atoms with van der Waals surface area (Å²) in [7, 11) is -4.17. The molecule has 0 amide bonds. The largest absolute Gasteiger partial charge is 0.466 e. The van der Waals surface area contributed by atoms with Crippen molar-refractivity contribution in [2.24, 2.45) is 5.41 Å². The van der Waals surface area contributed by atoms with Crippen LogP contribution in [0.15, 0.2) is 46.1 Å². The quantitative estimate of drug-likeness (QED) is 0.230. The number of ether oxygens (including phenoxy) is 2. The van der Waals surface area contributed by atoms with Crippen LogP contribution in [0.25, 0.3) is 0 Å². The molecule has 1 aromatic carbocycles. The number of esters is 1. The zero-order valence-electron chi connectivity index (χ0n) is 20.1. The molecule has 1 aromatic heterocycles. The number of nitrogens with one attached hydrogen (secondary N) is 1. The molecule has 204 valence electrons. The number of H-pyrrole nitrogens is 1. The third-order valence-electron chi connectivity index (χ3n) is 5.39. The molecule has 37 heavy (non-hydrogen) atoms. The number of aliphatic hydroxyl groups is 1. The van der Waals surface area contributed by atoms with Crippen LogP contribution in [0.5, 0.6) is 5.75 Å². The highest BCUT2D eigenvalue weighted by Gasteiger charge is 2.56. The van der Waals surface area contributed by atoms with E-state index in [0.717, 1.165) is 29.0 Å². The number of carbonyl (C=O) groups is 1. The van der Waals surface area contributed by atoms with Gasteiger partial charge in [-0.2, -0.15) is 0 Å². The van der Waals surface area contributed by atoms with Gasteiger partial charge < -0.3 is 19.1 Å². The van der Waals surface area contributed by atoms with E-state index in [4.69, 9.17) is 30.1 Å². The van der Waals surface area contributed by atoms with Crippen molar-refractivity contribution >= 4 is 41.1 Å². The minimum atomic E-state index is -4.17. The Balaban J connectivity index is 1.85. The molecule has 1 fully saturated rings. The highest BCUT2D eigenvalue weighted by molar-refractivity contribution is 9.10. The number of alkyl halides is 2. The van der Waals surface area contributed by atoms with Gasteiger partial charge in [-0.3, -0.25) is 23.7 Å². The van der Waals surface area contributed by atoms with Gasteiger partial charge in [0.15, 0.2) is 10.0 Å². The van der Waals surface area contributed by atoms with E-state index < -0.39 is 71.0 Å². The van der Waals surface area contributed by atoms with E-state index in [0.29, 0.717) is 0 Å². The molecule has 0 saturated carbocycles. The Bertz CT molecular complexity index is 1280. The number of benzene rings is 1. The summed E-state index contributed by atoms with van der Waals surface area (Å²) in [6, 6.07) is 5.75. The summed E-state index contributed by atoms with van der Waals surface area (Å²) in [6.45, 7) is 4.19. The third kappa shape index (κ3) is 6.90. The molecule has 0 radical (unpaired) electrons. The van der Waals surface area contributed by atoms with Crippen molar-refractivity contribution in [3.05, 3.63) is 63.2 Å². The summed E-state index contributed by atoms with van der Waals surface area (Å²) in [5.74, 6) is -1.17. The van der Waals surface area contributed by atoms with E-state index in [1.807, 2.05) is 0 Å². The lowest BCUT2D eigenvalue weighted by Crippen LogP contribution is -2.41. The van der Waals surface area contributed by atoms with Crippen molar-refractivity contribution in [3.63, 3.8) is 0 Å². The maximum absolute atomic E-state index is 13.8. The number of carbonyl (C=O) groups excluding carboxylic acids is 1. The predicted molar refractivity (Wildman–Crippen MR) is 135 cm³/mol. The number of aliphatic hydroxyl groups excluding tert-OH is 1. The Morgan fingerprint density at radius 3 is 2.57 bits per heavy atom. The molecule has 0 aliphatic carbocycles. The SMILES string of the molecule is CCOC(=O)C(C)(C)C[P@](=O)(OC[C@H]1O[C@@H](n2ccc(=O)[nH]c2=O)[C@](Cl)(Br)[C@@H]1O)Oc1ccc(F)cc1. The first-order valence-electron chi connectivity index (χ1n) is 11.1. The first-order chi connectivity index (χ1) is 17.2. The molecule has 1 aliphatic rings. The fraction of sp³-hybridized carbons (Fsp3) is 0.500. The van der Waals surface area contributed by atoms with Gasteiger partial charge in [0.05, 0.1) is 24.8 Å². The number of aromatic nitrogens is 2. The second-order valence-electron chi connectivity index (χ2n) is 8.88. The highest BCUT2D eigenvalue weighted by Crippen LogP contribution is 2.54. The molecule has 5 atom stereocenters. The van der Waals surface area contributed by atoms with Crippen LogP contribution in [0.1, 0.15) is 27.0 Å². The zero-order chi connectivity index (χ0) is 27.6. The topological polar surface area (TPSA) is 146 Å². The Kier molecular flexibility index (Phi) is 9.09. The van der Waals surface area contributed by atoms with Crippen LogP contribution in [0.4, 0.5) is 4.39 Å². The molecular weight excluding hydrogens is 602 g/mol. The fourth-order valence-corrected chi connectivity index (χ4v) is 6.58. The van der Waals surface area contributed by atoms with Gasteiger partial charge in [-0.15, -0.1) is 0 Å². The lowest BCUT2D eigenvalue weighted by atomic mass is 9.97. The number of aromatic amines is 1. The van der Waals surface area contributed by atoms with Crippen LogP contribution >= 0.6 is 35.1 Å². The molecule has 3 rings (SSSR count). The van der Waals surface area contributed by atoms with Crippen molar-refractivity contribution in [2.45, 2.75) is 43.0 Å². The van der Waals surface area contributed by atoms with Gasteiger partial charge in [-0.25, -0.2) is 13.8 Å². The van der Waals surface area contributed by atoms with Crippen molar-refractivity contribution in [1.82, 2.24) is 9.55 Å². The molecule has 11 nitrogen and oxygen atoms in total. The molecular formula is C22H26BrClFN2O9P. The average molecular weight is 628 g/mol. The van der Waals surface area contributed by atoms with Crippen molar-refractivity contribution in [1.29, 1.82) is 0 Å². The van der Waals surface area contributed by atoms with E-state index >= 15 is 0 Å². The Hall–Kier alpha value is -2.02. The summed E-state index contributed by atoms with van der Waals surface area (Å²) in [6.07, 6.45) is -3.30. The van der Waals surface area contributed by atoms with Crippen LogP contribution in [-0.4, -0.2) is 56.0 Å². The molecule has 15 heteroatoms. The molecule has 0 spiro atoms. The molecule has 2 heterocycles. The van der Waals surface area contributed by atoms with Gasteiger partial charge in [0, 0.05) is 12.3 Å². The van der Waals surface area contributed by atoms with E-state index in [-0.39, 0.29) is 12.4 Å².